The molecule has 37 heavy (non-hydrogen) atoms. The number of piperidine rings is 1. The van der Waals surface area contributed by atoms with Gasteiger partial charge in [-0.1, -0.05) is 12.1 Å². The Balaban J connectivity index is 1.27. The average molecular weight is 512 g/mol. The number of carbonyl (C=O) groups is 1. The van der Waals surface area contributed by atoms with E-state index in [-0.39, 0.29) is 11.8 Å². The van der Waals surface area contributed by atoms with Crippen LogP contribution in [0.25, 0.3) is 11.4 Å². The molecule has 2 N–H and O–H groups in total. The topological polar surface area (TPSA) is 106 Å². The number of benzene rings is 2. The molecular formula is C26H34FN7O3. The van der Waals surface area contributed by atoms with E-state index in [0.29, 0.717) is 41.0 Å². The Morgan fingerprint density at radius 1 is 1.16 bits per heavy atom. The number of nitrogens with one attached hydrogen (secondary N) is 2. The van der Waals surface area contributed by atoms with Crippen molar-refractivity contribution in [3.63, 3.8) is 0 Å². The van der Waals surface area contributed by atoms with E-state index in [1.54, 1.807) is 26.3 Å². The molecule has 11 heteroatoms. The van der Waals surface area contributed by atoms with Gasteiger partial charge < -0.3 is 25.0 Å². The number of nitrogens with zero attached hydrogens (tertiary/aromatic N) is 5. The van der Waals surface area contributed by atoms with E-state index in [4.69, 9.17) is 9.47 Å². The Kier molecular flexibility index (Phi) is 8.89. The van der Waals surface area contributed by atoms with Crippen LogP contribution in [0.15, 0.2) is 36.4 Å². The molecular weight excluding hydrogens is 477 g/mol. The van der Waals surface area contributed by atoms with Crippen molar-refractivity contribution in [2.24, 2.45) is 13.0 Å². The van der Waals surface area contributed by atoms with Gasteiger partial charge in [0.15, 0.2) is 11.6 Å². The van der Waals surface area contributed by atoms with Crippen molar-refractivity contribution in [3.8, 4) is 22.9 Å². The molecule has 2 heterocycles. The number of hydrogen-bond acceptors (Lipinski definition) is 7. The van der Waals surface area contributed by atoms with Crippen molar-refractivity contribution in [3.05, 3.63) is 47.8 Å². The number of hydrogen-bond donors (Lipinski definition) is 2. The summed E-state index contributed by atoms with van der Waals surface area (Å²) in [6.45, 7) is 3.54. The Morgan fingerprint density at radius 2 is 1.97 bits per heavy atom. The Morgan fingerprint density at radius 3 is 2.68 bits per heavy atom. The van der Waals surface area contributed by atoms with Crippen LogP contribution >= 0.6 is 0 Å². The van der Waals surface area contributed by atoms with Crippen LogP contribution in [-0.4, -0.2) is 71.5 Å². The van der Waals surface area contributed by atoms with Crippen LogP contribution in [0.5, 0.6) is 11.5 Å². The number of tetrazole rings is 1. The number of aryl methyl sites for hydroxylation is 1. The maximum Gasteiger partial charge on any atom is 0.319 e. The van der Waals surface area contributed by atoms with Crippen LogP contribution < -0.4 is 20.1 Å². The lowest BCUT2D eigenvalue weighted by Gasteiger charge is -2.32. The van der Waals surface area contributed by atoms with Crippen molar-refractivity contribution in [2.45, 2.75) is 25.7 Å². The normalized spacial score (nSPS) is 15.8. The first-order valence-electron chi connectivity index (χ1n) is 12.5. The fourth-order valence-corrected chi connectivity index (χ4v) is 4.84. The van der Waals surface area contributed by atoms with E-state index >= 15 is 0 Å². The van der Waals surface area contributed by atoms with E-state index in [0.717, 1.165) is 38.9 Å². The van der Waals surface area contributed by atoms with Crippen molar-refractivity contribution < 1.29 is 18.7 Å². The first kappa shape index (κ1) is 26.3. The molecule has 1 saturated heterocycles. The predicted molar refractivity (Wildman–Crippen MR) is 138 cm³/mol. The van der Waals surface area contributed by atoms with Gasteiger partial charge >= 0.3 is 6.03 Å². The third-order valence-corrected chi connectivity index (χ3v) is 6.61. The molecule has 0 spiro atoms. The first-order chi connectivity index (χ1) is 18.0. The summed E-state index contributed by atoms with van der Waals surface area (Å²) in [4.78, 5) is 15.1. The van der Waals surface area contributed by atoms with Gasteiger partial charge in [0.25, 0.3) is 0 Å². The molecule has 1 fully saturated rings. The van der Waals surface area contributed by atoms with Gasteiger partial charge in [-0.3, -0.25) is 0 Å². The smallest absolute Gasteiger partial charge is 0.319 e. The third-order valence-electron chi connectivity index (χ3n) is 6.61. The average Bonchev–Trinajstić information content (AvgIpc) is 3.33. The summed E-state index contributed by atoms with van der Waals surface area (Å²) in [5, 5.41) is 17.4. The number of methoxy groups -OCH3 is 2. The van der Waals surface area contributed by atoms with Crippen molar-refractivity contribution >= 4 is 11.7 Å². The minimum atomic E-state index is -0.321. The lowest BCUT2D eigenvalue weighted by atomic mass is 9.91. The second-order valence-corrected chi connectivity index (χ2v) is 9.22. The van der Waals surface area contributed by atoms with Gasteiger partial charge in [-0.05, 0) is 84.9 Å². The largest absolute Gasteiger partial charge is 0.496 e. The molecule has 2 aromatic carbocycles. The number of rotatable bonds is 10. The van der Waals surface area contributed by atoms with E-state index in [1.807, 2.05) is 12.1 Å². The highest BCUT2D eigenvalue weighted by molar-refractivity contribution is 5.93. The molecule has 1 atom stereocenters. The maximum absolute atomic E-state index is 13.2. The van der Waals surface area contributed by atoms with Crippen LogP contribution in [0.3, 0.4) is 0 Å². The number of likely N-dealkylation sites (tertiary alicyclic amines) is 1. The molecule has 2 amide bonds. The summed E-state index contributed by atoms with van der Waals surface area (Å²) in [5.41, 5.74) is 2.22. The zero-order chi connectivity index (χ0) is 26.2. The lowest BCUT2D eigenvalue weighted by molar-refractivity contribution is 0.172. The molecule has 10 nitrogen and oxygen atoms in total. The van der Waals surface area contributed by atoms with Crippen molar-refractivity contribution in [1.82, 2.24) is 30.4 Å². The summed E-state index contributed by atoms with van der Waals surface area (Å²) in [5.74, 6) is 1.76. The molecule has 0 radical (unpaired) electrons. The number of halogens is 1. The first-order valence-corrected chi connectivity index (χ1v) is 12.5. The highest BCUT2D eigenvalue weighted by Crippen LogP contribution is 2.42. The summed E-state index contributed by atoms with van der Waals surface area (Å²) in [7, 11) is 4.79. The highest BCUT2D eigenvalue weighted by Gasteiger charge is 2.23. The number of carbonyl (C=O) groups excluding carboxylic acids is 1. The SMILES string of the molecule is COc1ccc(NC(=O)NCCCN2CCC[C@@H](Cc3ccc(F)cc3)C2)c(OC)c1-c1nnnn1C. The van der Waals surface area contributed by atoms with Gasteiger partial charge in [-0.2, -0.15) is 0 Å². The van der Waals surface area contributed by atoms with Crippen LogP contribution in [0, 0.1) is 11.7 Å². The molecule has 0 bridgehead atoms. The summed E-state index contributed by atoms with van der Waals surface area (Å²) in [6.07, 6.45) is 4.14. The molecule has 0 unspecified atom stereocenters. The van der Waals surface area contributed by atoms with Crippen LogP contribution in [0.1, 0.15) is 24.8 Å². The fourth-order valence-electron chi connectivity index (χ4n) is 4.84. The number of urea groups is 1. The number of aromatic nitrogens is 4. The molecule has 1 aliphatic rings. The lowest BCUT2D eigenvalue weighted by Crippen LogP contribution is -2.38. The minimum absolute atomic E-state index is 0.195. The molecule has 4 rings (SSSR count). The second-order valence-electron chi connectivity index (χ2n) is 9.22. The monoisotopic (exact) mass is 511 g/mol. The number of amides is 2. The van der Waals surface area contributed by atoms with E-state index in [9.17, 15) is 9.18 Å². The van der Waals surface area contributed by atoms with Gasteiger partial charge in [0, 0.05) is 20.1 Å². The van der Waals surface area contributed by atoms with Gasteiger partial charge in [0.1, 0.15) is 17.1 Å². The Hall–Kier alpha value is -3.73. The van der Waals surface area contributed by atoms with Crippen LogP contribution in [0.4, 0.5) is 14.9 Å². The van der Waals surface area contributed by atoms with E-state index in [2.05, 4.69) is 31.1 Å². The second kappa shape index (κ2) is 12.5. The van der Waals surface area contributed by atoms with Crippen molar-refractivity contribution in [2.75, 3.05) is 45.7 Å². The van der Waals surface area contributed by atoms with Gasteiger partial charge in [-0.25, -0.2) is 13.9 Å². The summed E-state index contributed by atoms with van der Waals surface area (Å²) in [6, 6.07) is 9.95. The fraction of sp³-hybridized carbons (Fsp3) is 0.462. The molecule has 1 aromatic heterocycles. The minimum Gasteiger partial charge on any atom is -0.496 e. The summed E-state index contributed by atoms with van der Waals surface area (Å²) >= 11 is 0. The summed E-state index contributed by atoms with van der Waals surface area (Å²) < 4.78 is 25.8. The van der Waals surface area contributed by atoms with E-state index < -0.39 is 0 Å². The Bertz CT molecular complexity index is 1190. The zero-order valence-corrected chi connectivity index (χ0v) is 21.5. The molecule has 198 valence electrons. The van der Waals surface area contributed by atoms with Crippen molar-refractivity contribution in [1.29, 1.82) is 0 Å². The standard InChI is InChI=1S/C26H34FN7O3/c1-33-25(30-31-32-33)23-22(36-2)12-11-21(24(23)37-3)29-26(35)28-13-5-15-34-14-4-6-19(17-34)16-18-7-9-20(27)10-8-18/h7-12,19H,4-6,13-17H2,1-3H3,(H2,28,29,35)/t19-/m0/s1. The molecule has 0 aliphatic carbocycles. The van der Waals surface area contributed by atoms with Gasteiger partial charge in [-0.15, -0.1) is 5.10 Å². The molecule has 1 aliphatic heterocycles. The quantitative estimate of drug-likeness (QED) is 0.401. The molecule has 0 saturated carbocycles. The predicted octanol–water partition coefficient (Wildman–Crippen LogP) is 3.50. The van der Waals surface area contributed by atoms with Crippen LogP contribution in [0.2, 0.25) is 0 Å². The highest BCUT2D eigenvalue weighted by atomic mass is 19.1. The van der Waals surface area contributed by atoms with E-state index in [1.165, 1.54) is 35.9 Å². The zero-order valence-electron chi connectivity index (χ0n) is 21.5. The van der Waals surface area contributed by atoms with Crippen LogP contribution in [-0.2, 0) is 13.5 Å². The number of ether oxygens (including phenoxy) is 2. The van der Waals surface area contributed by atoms with Gasteiger partial charge in [0.05, 0.1) is 19.9 Å². The third kappa shape index (κ3) is 6.73. The number of anilines is 1. The van der Waals surface area contributed by atoms with Gasteiger partial charge in [0.2, 0.25) is 0 Å². The maximum atomic E-state index is 13.2. The molecule has 3 aromatic rings. The Labute approximate surface area is 216 Å².